The van der Waals surface area contributed by atoms with Gasteiger partial charge in [0.2, 0.25) is 11.8 Å². The van der Waals surface area contributed by atoms with Gasteiger partial charge in [-0.3, -0.25) is 14.8 Å². The van der Waals surface area contributed by atoms with E-state index in [1.165, 1.54) is 24.0 Å². The number of hydrogen-bond donors (Lipinski definition) is 3. The van der Waals surface area contributed by atoms with Crippen molar-refractivity contribution in [3.63, 3.8) is 0 Å². The Hall–Kier alpha value is -1.92. The molecule has 2 rings (SSSR count). The zero-order valence-electron chi connectivity index (χ0n) is 13.3. The third kappa shape index (κ3) is 6.00. The molecule has 1 aromatic carbocycles. The van der Waals surface area contributed by atoms with E-state index in [1.807, 2.05) is 6.07 Å². The molecule has 1 aliphatic carbocycles. The van der Waals surface area contributed by atoms with Gasteiger partial charge in [0.25, 0.3) is 0 Å². The highest BCUT2D eigenvalue weighted by Gasteiger charge is 2.10. The van der Waals surface area contributed by atoms with Crippen LogP contribution in [0, 0.1) is 0 Å². The number of carbonyl (C=O) groups is 2. The zero-order chi connectivity index (χ0) is 16.5. The summed E-state index contributed by atoms with van der Waals surface area (Å²) < 4.78 is 5.29. The number of benzene rings is 1. The molecular weight excluding hydrogens is 296 g/mol. The average molecular weight is 320 g/mol. The summed E-state index contributed by atoms with van der Waals surface area (Å²) >= 11 is 0. The van der Waals surface area contributed by atoms with E-state index in [4.69, 9.17) is 9.94 Å². The topological polar surface area (TPSA) is 87.7 Å². The van der Waals surface area contributed by atoms with Gasteiger partial charge in [-0.1, -0.05) is 6.07 Å². The van der Waals surface area contributed by atoms with Crippen LogP contribution in [0.1, 0.15) is 43.2 Å². The standard InChI is InChI=1S/C17H24N2O4/c20-16(19-22)7-3-4-10-23-12-17(21)18-15-9-8-13-5-1-2-6-14(13)11-15/h8-9,11,22H,1-7,10,12H2,(H,18,21)(H,19,20). The molecule has 0 radical (unpaired) electrons. The van der Waals surface area contributed by atoms with Gasteiger partial charge in [0.15, 0.2) is 0 Å². The Morgan fingerprint density at radius 1 is 1.09 bits per heavy atom. The first kappa shape index (κ1) is 17.4. The molecule has 126 valence electrons. The fourth-order valence-corrected chi connectivity index (χ4v) is 2.72. The van der Waals surface area contributed by atoms with Crippen LogP contribution in [0.25, 0.3) is 0 Å². The minimum Gasteiger partial charge on any atom is -0.372 e. The maximum Gasteiger partial charge on any atom is 0.250 e. The Kier molecular flexibility index (Phi) is 7.03. The van der Waals surface area contributed by atoms with Gasteiger partial charge in [-0.05, 0) is 61.8 Å². The fraction of sp³-hybridized carbons (Fsp3) is 0.529. The Morgan fingerprint density at radius 3 is 2.65 bits per heavy atom. The Bertz CT molecular complexity index is 545. The summed E-state index contributed by atoms with van der Waals surface area (Å²) in [4.78, 5) is 22.6. The van der Waals surface area contributed by atoms with Crippen molar-refractivity contribution in [3.05, 3.63) is 29.3 Å². The second-order valence-corrected chi connectivity index (χ2v) is 5.78. The summed E-state index contributed by atoms with van der Waals surface area (Å²) in [6, 6.07) is 6.09. The first-order valence-corrected chi connectivity index (χ1v) is 8.11. The van der Waals surface area contributed by atoms with Gasteiger partial charge < -0.3 is 10.1 Å². The first-order chi connectivity index (χ1) is 11.2. The van der Waals surface area contributed by atoms with Gasteiger partial charge in [0, 0.05) is 18.7 Å². The molecule has 0 saturated carbocycles. The predicted molar refractivity (Wildman–Crippen MR) is 86.3 cm³/mol. The van der Waals surface area contributed by atoms with E-state index in [1.54, 1.807) is 5.48 Å². The second-order valence-electron chi connectivity index (χ2n) is 5.78. The van der Waals surface area contributed by atoms with Gasteiger partial charge in [-0.15, -0.1) is 0 Å². The van der Waals surface area contributed by atoms with E-state index in [0.29, 0.717) is 19.4 Å². The number of rotatable bonds is 8. The number of fused-ring (bicyclic) bond motifs is 1. The number of carbonyl (C=O) groups excluding carboxylic acids is 2. The lowest BCUT2D eigenvalue weighted by Crippen LogP contribution is -2.20. The van der Waals surface area contributed by atoms with Crippen LogP contribution in [0.5, 0.6) is 0 Å². The van der Waals surface area contributed by atoms with Crippen LogP contribution < -0.4 is 10.8 Å². The summed E-state index contributed by atoms with van der Waals surface area (Å²) in [5.74, 6) is -0.580. The molecule has 0 aromatic heterocycles. The van der Waals surface area contributed by atoms with Crippen LogP contribution in [0.3, 0.4) is 0 Å². The van der Waals surface area contributed by atoms with Crippen molar-refractivity contribution in [2.24, 2.45) is 0 Å². The van der Waals surface area contributed by atoms with Crippen molar-refractivity contribution >= 4 is 17.5 Å². The van der Waals surface area contributed by atoms with Crippen LogP contribution >= 0.6 is 0 Å². The molecule has 0 aliphatic heterocycles. The van der Waals surface area contributed by atoms with Crippen LogP contribution in [-0.2, 0) is 27.2 Å². The van der Waals surface area contributed by atoms with Crippen molar-refractivity contribution in [2.75, 3.05) is 18.5 Å². The number of nitrogens with one attached hydrogen (secondary N) is 2. The molecule has 3 N–H and O–H groups in total. The molecule has 0 saturated heterocycles. The van der Waals surface area contributed by atoms with Crippen LogP contribution in [0.4, 0.5) is 5.69 Å². The number of ether oxygens (including phenoxy) is 1. The molecule has 23 heavy (non-hydrogen) atoms. The van der Waals surface area contributed by atoms with Gasteiger partial charge in [-0.25, -0.2) is 5.48 Å². The second kappa shape index (κ2) is 9.27. The van der Waals surface area contributed by atoms with E-state index in [-0.39, 0.29) is 18.9 Å². The van der Waals surface area contributed by atoms with E-state index < -0.39 is 5.91 Å². The highest BCUT2D eigenvalue weighted by atomic mass is 16.5. The molecule has 0 unspecified atom stereocenters. The monoisotopic (exact) mass is 320 g/mol. The smallest absolute Gasteiger partial charge is 0.250 e. The predicted octanol–water partition coefficient (Wildman–Crippen LogP) is 2.20. The van der Waals surface area contributed by atoms with Crippen molar-refractivity contribution < 1.29 is 19.5 Å². The zero-order valence-corrected chi connectivity index (χ0v) is 13.3. The SMILES string of the molecule is O=C(CCCCOCC(=O)Nc1ccc2c(c1)CCCC2)NO. The third-order valence-electron chi connectivity index (χ3n) is 3.93. The van der Waals surface area contributed by atoms with Gasteiger partial charge in [0.05, 0.1) is 0 Å². The first-order valence-electron chi connectivity index (χ1n) is 8.11. The Labute approximate surface area is 136 Å². The van der Waals surface area contributed by atoms with Crippen molar-refractivity contribution in [2.45, 2.75) is 44.9 Å². The largest absolute Gasteiger partial charge is 0.372 e. The van der Waals surface area contributed by atoms with E-state index in [9.17, 15) is 9.59 Å². The maximum atomic E-state index is 11.8. The summed E-state index contributed by atoms with van der Waals surface area (Å²) in [6.07, 6.45) is 6.19. The van der Waals surface area contributed by atoms with E-state index in [0.717, 1.165) is 18.5 Å². The minimum atomic E-state index is -0.407. The highest BCUT2D eigenvalue weighted by Crippen LogP contribution is 2.24. The highest BCUT2D eigenvalue weighted by molar-refractivity contribution is 5.91. The van der Waals surface area contributed by atoms with Crippen LogP contribution in [-0.4, -0.2) is 30.2 Å². The minimum absolute atomic E-state index is 0.00326. The molecule has 0 heterocycles. The van der Waals surface area contributed by atoms with E-state index in [2.05, 4.69) is 17.4 Å². The summed E-state index contributed by atoms with van der Waals surface area (Å²) in [6.45, 7) is 0.416. The molecule has 0 atom stereocenters. The number of hydroxylamine groups is 1. The molecule has 1 aromatic rings. The Morgan fingerprint density at radius 2 is 1.87 bits per heavy atom. The van der Waals surface area contributed by atoms with Gasteiger partial charge >= 0.3 is 0 Å². The summed E-state index contributed by atoms with van der Waals surface area (Å²) in [7, 11) is 0. The normalized spacial score (nSPS) is 13.3. The molecule has 0 bridgehead atoms. The summed E-state index contributed by atoms with van der Waals surface area (Å²) in [5.41, 5.74) is 5.11. The molecule has 6 heteroatoms. The van der Waals surface area contributed by atoms with Crippen LogP contribution in [0.15, 0.2) is 18.2 Å². The van der Waals surface area contributed by atoms with Crippen molar-refractivity contribution in [3.8, 4) is 0 Å². The summed E-state index contributed by atoms with van der Waals surface area (Å²) in [5, 5.41) is 11.2. The number of unbranched alkanes of at least 4 members (excludes halogenated alkanes) is 1. The number of anilines is 1. The molecular formula is C17H24N2O4. The Balaban J connectivity index is 1.64. The van der Waals surface area contributed by atoms with Gasteiger partial charge in [0.1, 0.15) is 6.61 Å². The van der Waals surface area contributed by atoms with Gasteiger partial charge in [-0.2, -0.15) is 0 Å². The lowest BCUT2D eigenvalue weighted by Gasteiger charge is -2.16. The molecule has 0 spiro atoms. The average Bonchev–Trinajstić information content (AvgIpc) is 2.57. The van der Waals surface area contributed by atoms with E-state index >= 15 is 0 Å². The molecule has 2 amide bonds. The lowest BCUT2D eigenvalue weighted by atomic mass is 9.91. The van der Waals surface area contributed by atoms with Crippen molar-refractivity contribution in [1.82, 2.24) is 5.48 Å². The third-order valence-corrected chi connectivity index (χ3v) is 3.93. The molecule has 0 fully saturated rings. The molecule has 1 aliphatic rings. The number of amides is 2. The van der Waals surface area contributed by atoms with Crippen molar-refractivity contribution in [1.29, 1.82) is 0 Å². The molecule has 6 nitrogen and oxygen atoms in total. The quantitative estimate of drug-likeness (QED) is 0.389. The number of hydrogen-bond acceptors (Lipinski definition) is 4. The van der Waals surface area contributed by atoms with Crippen LogP contribution in [0.2, 0.25) is 0 Å². The maximum absolute atomic E-state index is 11.8. The lowest BCUT2D eigenvalue weighted by molar-refractivity contribution is -0.129. The fourth-order valence-electron chi connectivity index (χ4n) is 2.72. The number of aryl methyl sites for hydroxylation is 2.